The lowest BCUT2D eigenvalue weighted by molar-refractivity contribution is -0.162. The second-order valence-corrected chi connectivity index (χ2v) is 17.7. The standard InChI is InChI=1S/C61H102O5/c1-4-7-10-13-16-19-22-25-27-29-30-31-33-35-38-41-44-47-50-53-56-64-57-59(66-61(63)55-52-49-46-43-40-36-24-21-18-15-12-9-6-3)58-65-60(62)54-51-48-45-42-39-37-34-32-28-26-23-20-17-14-11-8-5-2/h8-9,11-12,16-21,25-28,36,40,46,49,59H,4-7,10,13-15,22-24,29-35,37-39,41-45,47-48,50-58H2,1-3H3/b11-8-,12-9-,19-16-,20-17-,21-18-,27-25-,28-26-,40-36-,49-46-. The number of ether oxygens (including phenoxy) is 3. The molecule has 0 aliphatic rings. The first-order valence-electron chi connectivity index (χ1n) is 27.4. The first-order chi connectivity index (χ1) is 32.6. The van der Waals surface area contributed by atoms with Crippen LogP contribution >= 0.6 is 0 Å². The molecule has 0 bridgehead atoms. The third kappa shape index (κ3) is 53.2. The molecule has 0 aliphatic carbocycles. The number of allylic oxidation sites excluding steroid dienone is 18. The summed E-state index contributed by atoms with van der Waals surface area (Å²) >= 11 is 0. The summed E-state index contributed by atoms with van der Waals surface area (Å²) in [5, 5.41) is 0. The van der Waals surface area contributed by atoms with Crippen LogP contribution in [0.3, 0.4) is 0 Å². The van der Waals surface area contributed by atoms with Crippen molar-refractivity contribution < 1.29 is 23.8 Å². The number of hydrogen-bond acceptors (Lipinski definition) is 5. The Morgan fingerprint density at radius 2 is 0.712 bits per heavy atom. The maximum atomic E-state index is 12.8. The highest BCUT2D eigenvalue weighted by Gasteiger charge is 2.17. The van der Waals surface area contributed by atoms with Crippen molar-refractivity contribution in [2.24, 2.45) is 0 Å². The molecule has 0 saturated carbocycles. The lowest BCUT2D eigenvalue weighted by atomic mass is 10.1. The molecule has 5 nitrogen and oxygen atoms in total. The second kappa shape index (κ2) is 55.9. The molecule has 0 aliphatic heterocycles. The van der Waals surface area contributed by atoms with E-state index in [-0.39, 0.29) is 25.2 Å². The van der Waals surface area contributed by atoms with Crippen molar-refractivity contribution in [3.05, 3.63) is 109 Å². The van der Waals surface area contributed by atoms with E-state index in [9.17, 15) is 9.59 Å². The minimum atomic E-state index is -0.587. The fraction of sp³-hybridized carbons (Fsp3) is 0.672. The van der Waals surface area contributed by atoms with Gasteiger partial charge < -0.3 is 14.2 Å². The summed E-state index contributed by atoms with van der Waals surface area (Å²) in [6, 6.07) is 0. The molecule has 1 unspecified atom stereocenters. The van der Waals surface area contributed by atoms with Gasteiger partial charge >= 0.3 is 11.9 Å². The fourth-order valence-electron chi connectivity index (χ4n) is 7.27. The third-order valence-corrected chi connectivity index (χ3v) is 11.3. The van der Waals surface area contributed by atoms with Gasteiger partial charge in [-0.3, -0.25) is 9.59 Å². The van der Waals surface area contributed by atoms with Gasteiger partial charge in [0, 0.05) is 19.4 Å². The molecule has 1 atom stereocenters. The topological polar surface area (TPSA) is 61.8 Å². The number of carbonyl (C=O) groups is 2. The minimum Gasteiger partial charge on any atom is -0.462 e. The van der Waals surface area contributed by atoms with Crippen molar-refractivity contribution in [3.63, 3.8) is 0 Å². The molecule has 0 amide bonds. The highest BCUT2D eigenvalue weighted by atomic mass is 16.6. The Kier molecular flexibility index (Phi) is 53.0. The quantitative estimate of drug-likeness (QED) is 0.0346. The van der Waals surface area contributed by atoms with Gasteiger partial charge in [-0.25, -0.2) is 0 Å². The van der Waals surface area contributed by atoms with E-state index < -0.39 is 6.10 Å². The largest absolute Gasteiger partial charge is 0.462 e. The summed E-state index contributed by atoms with van der Waals surface area (Å²) in [5.41, 5.74) is 0. The zero-order valence-corrected chi connectivity index (χ0v) is 43.2. The number of hydrogen-bond donors (Lipinski definition) is 0. The number of carbonyl (C=O) groups excluding carboxylic acids is 2. The molecule has 0 radical (unpaired) electrons. The molecule has 0 aromatic heterocycles. The van der Waals surface area contributed by atoms with Crippen LogP contribution in [0.15, 0.2) is 109 Å². The average Bonchev–Trinajstić information content (AvgIpc) is 3.32. The van der Waals surface area contributed by atoms with E-state index in [1.807, 2.05) is 6.08 Å². The fourth-order valence-corrected chi connectivity index (χ4v) is 7.27. The lowest BCUT2D eigenvalue weighted by Gasteiger charge is -2.18. The third-order valence-electron chi connectivity index (χ3n) is 11.3. The molecule has 0 spiro atoms. The van der Waals surface area contributed by atoms with E-state index in [0.717, 1.165) is 89.9 Å². The Morgan fingerprint density at radius 3 is 1.15 bits per heavy atom. The molecule has 0 fully saturated rings. The van der Waals surface area contributed by atoms with Crippen molar-refractivity contribution in [2.45, 2.75) is 245 Å². The molecule has 376 valence electrons. The number of esters is 2. The van der Waals surface area contributed by atoms with Crippen molar-refractivity contribution in [1.29, 1.82) is 0 Å². The molecular weight excluding hydrogens is 813 g/mol. The van der Waals surface area contributed by atoms with Gasteiger partial charge in [0.1, 0.15) is 6.61 Å². The SMILES string of the molecule is CC/C=C\C/C=C\C/C=C\C/C=C\CCC(=O)OC(COCCCCCCCCCCCC/C=C\C/C=C\CCCCC)COC(=O)CCCCCCCCC/C=C\C/C=C\C/C=C\CC. The summed E-state index contributed by atoms with van der Waals surface area (Å²) < 4.78 is 17.4. The zero-order valence-electron chi connectivity index (χ0n) is 43.2. The van der Waals surface area contributed by atoms with E-state index in [1.165, 1.54) is 109 Å². The van der Waals surface area contributed by atoms with E-state index in [2.05, 4.69) is 124 Å². The van der Waals surface area contributed by atoms with Crippen LogP contribution < -0.4 is 0 Å². The van der Waals surface area contributed by atoms with Gasteiger partial charge in [-0.2, -0.15) is 0 Å². The van der Waals surface area contributed by atoms with Crippen molar-refractivity contribution in [2.75, 3.05) is 19.8 Å². The van der Waals surface area contributed by atoms with E-state index in [1.54, 1.807) is 0 Å². The van der Waals surface area contributed by atoms with Crippen LogP contribution in [0.1, 0.15) is 239 Å². The Morgan fingerprint density at radius 1 is 0.348 bits per heavy atom. The van der Waals surface area contributed by atoms with E-state index in [4.69, 9.17) is 14.2 Å². The summed E-state index contributed by atoms with van der Waals surface area (Å²) in [5.74, 6) is -0.506. The molecular formula is C61H102O5. The van der Waals surface area contributed by atoms with Gasteiger partial charge in [-0.1, -0.05) is 226 Å². The van der Waals surface area contributed by atoms with Crippen molar-refractivity contribution >= 4 is 11.9 Å². The Hall–Kier alpha value is -3.44. The average molecular weight is 915 g/mol. The van der Waals surface area contributed by atoms with Crippen molar-refractivity contribution in [1.82, 2.24) is 0 Å². The normalized spacial score (nSPS) is 13.1. The lowest BCUT2D eigenvalue weighted by Crippen LogP contribution is -2.30. The van der Waals surface area contributed by atoms with E-state index in [0.29, 0.717) is 25.9 Å². The molecule has 0 heterocycles. The smallest absolute Gasteiger partial charge is 0.306 e. The Balaban J connectivity index is 4.34. The molecule has 5 heteroatoms. The predicted molar refractivity (Wildman–Crippen MR) is 288 cm³/mol. The monoisotopic (exact) mass is 915 g/mol. The Labute approximate surface area is 408 Å². The molecule has 0 rings (SSSR count). The van der Waals surface area contributed by atoms with Crippen LogP contribution in [0.25, 0.3) is 0 Å². The maximum absolute atomic E-state index is 12.8. The second-order valence-electron chi connectivity index (χ2n) is 17.7. The number of unbranched alkanes of at least 4 members (excludes halogenated alkanes) is 20. The molecule has 0 aromatic rings. The van der Waals surface area contributed by atoms with Gasteiger partial charge in [0.05, 0.1) is 6.61 Å². The molecule has 66 heavy (non-hydrogen) atoms. The van der Waals surface area contributed by atoms with E-state index >= 15 is 0 Å². The van der Waals surface area contributed by atoms with Gasteiger partial charge in [-0.15, -0.1) is 0 Å². The summed E-state index contributed by atoms with van der Waals surface area (Å²) in [6.07, 6.45) is 76.9. The minimum absolute atomic E-state index is 0.0448. The molecule has 0 N–H and O–H groups in total. The number of rotatable bonds is 49. The highest BCUT2D eigenvalue weighted by molar-refractivity contribution is 5.70. The first kappa shape index (κ1) is 62.6. The van der Waals surface area contributed by atoms with Crippen LogP contribution in [0.2, 0.25) is 0 Å². The van der Waals surface area contributed by atoms with Crippen LogP contribution in [0, 0.1) is 0 Å². The van der Waals surface area contributed by atoms with Crippen LogP contribution in [-0.4, -0.2) is 37.9 Å². The summed E-state index contributed by atoms with van der Waals surface area (Å²) in [6.45, 7) is 7.48. The Bertz CT molecular complexity index is 1310. The van der Waals surface area contributed by atoms with Gasteiger partial charge in [0.15, 0.2) is 6.10 Å². The highest BCUT2D eigenvalue weighted by Crippen LogP contribution is 2.14. The van der Waals surface area contributed by atoms with Gasteiger partial charge in [-0.05, 0) is 109 Å². The predicted octanol–water partition coefficient (Wildman–Crippen LogP) is 18.8. The molecule has 0 saturated heterocycles. The first-order valence-corrected chi connectivity index (χ1v) is 27.4. The van der Waals surface area contributed by atoms with Crippen LogP contribution in [0.5, 0.6) is 0 Å². The summed E-state index contributed by atoms with van der Waals surface area (Å²) in [4.78, 5) is 25.4. The molecule has 0 aromatic carbocycles. The van der Waals surface area contributed by atoms with Crippen molar-refractivity contribution in [3.8, 4) is 0 Å². The van der Waals surface area contributed by atoms with Crippen LogP contribution in [0.4, 0.5) is 0 Å². The maximum Gasteiger partial charge on any atom is 0.306 e. The van der Waals surface area contributed by atoms with Gasteiger partial charge in [0.25, 0.3) is 0 Å². The van der Waals surface area contributed by atoms with Crippen LogP contribution in [-0.2, 0) is 23.8 Å². The summed E-state index contributed by atoms with van der Waals surface area (Å²) in [7, 11) is 0. The van der Waals surface area contributed by atoms with Gasteiger partial charge in [0.2, 0.25) is 0 Å². The zero-order chi connectivity index (χ0) is 47.7.